The van der Waals surface area contributed by atoms with Crippen molar-refractivity contribution in [2.24, 2.45) is 15.4 Å². The van der Waals surface area contributed by atoms with Gasteiger partial charge in [-0.1, -0.05) is 187 Å². The number of nitrogens with zero attached hydrogens (tertiary/aromatic N) is 6. The molecule has 0 bridgehead atoms. The van der Waals surface area contributed by atoms with Crippen molar-refractivity contribution in [3.63, 3.8) is 0 Å². The summed E-state index contributed by atoms with van der Waals surface area (Å²) < 4.78 is 57.5. The van der Waals surface area contributed by atoms with E-state index in [0.29, 0.717) is 59.3 Å². The molecule has 9 rings (SSSR count). The van der Waals surface area contributed by atoms with Crippen molar-refractivity contribution < 1.29 is 67.0 Å². The number of unbranched alkanes of at least 4 members (excludes halogenated alkanes) is 25. The second-order valence-corrected chi connectivity index (χ2v) is 29.7. The van der Waals surface area contributed by atoms with Crippen molar-refractivity contribution in [3.8, 4) is 57.1 Å². The van der Waals surface area contributed by atoms with Crippen LogP contribution >= 0.6 is 0 Å². The Morgan fingerprint density at radius 3 is 0.957 bits per heavy atom. The zero-order valence-corrected chi connectivity index (χ0v) is 68.5. The summed E-state index contributed by atoms with van der Waals surface area (Å²) in [6.07, 6.45) is 33.9. The molecule has 8 aromatic rings. The van der Waals surface area contributed by atoms with Crippen LogP contribution in [0.4, 0.5) is 28.4 Å². The molecule has 0 unspecified atom stereocenters. The zero-order chi connectivity index (χ0) is 81.2. The van der Waals surface area contributed by atoms with Crippen LogP contribution in [0.2, 0.25) is 0 Å². The maximum Gasteiger partial charge on any atom is 0.309 e. The van der Waals surface area contributed by atoms with Crippen LogP contribution in [0, 0.1) is 30.3 Å². The van der Waals surface area contributed by atoms with Crippen LogP contribution in [0.25, 0.3) is 43.4 Å². The Morgan fingerprint density at radius 1 is 0.313 bits per heavy atom. The van der Waals surface area contributed by atoms with E-state index in [1.165, 1.54) is 37.5 Å². The third kappa shape index (κ3) is 28.0. The van der Waals surface area contributed by atoms with Crippen molar-refractivity contribution in [1.82, 2.24) is 0 Å². The smallest absolute Gasteiger partial charge is 0.309 e. The summed E-state index contributed by atoms with van der Waals surface area (Å²) in [5, 5.41) is 54.5. The number of azo groups is 1. The molecule has 1 aliphatic rings. The van der Waals surface area contributed by atoms with Gasteiger partial charge in [0.05, 0.1) is 104 Å². The van der Waals surface area contributed by atoms with Gasteiger partial charge in [-0.2, -0.15) is 10.2 Å². The Bertz CT molecular complexity index is 4390. The monoisotopic (exact) mass is 1580 g/mol. The molecule has 0 atom stereocenters. The van der Waals surface area contributed by atoms with E-state index in [9.17, 15) is 35.1 Å². The van der Waals surface area contributed by atoms with Gasteiger partial charge < -0.3 is 47.5 Å². The average molecular weight is 1580 g/mol. The number of nitro groups is 3. The number of rotatable bonds is 60. The van der Waals surface area contributed by atoms with E-state index >= 15 is 0 Å². The van der Waals surface area contributed by atoms with Gasteiger partial charge >= 0.3 is 5.97 Å². The van der Waals surface area contributed by atoms with Gasteiger partial charge in [0.15, 0.2) is 34.5 Å². The van der Waals surface area contributed by atoms with Gasteiger partial charge in [-0.3, -0.25) is 35.1 Å². The number of carbonyl (C=O) groups is 1. The number of hydrogen-bond acceptors (Lipinski definition) is 20. The van der Waals surface area contributed by atoms with Gasteiger partial charge in [0.25, 0.3) is 17.1 Å². The summed E-state index contributed by atoms with van der Waals surface area (Å²) in [4.78, 5) is 50.8. The van der Waals surface area contributed by atoms with Gasteiger partial charge in [0, 0.05) is 29.3 Å². The van der Waals surface area contributed by atoms with E-state index in [1.54, 1.807) is 0 Å². The topological polar surface area (TPSA) is 276 Å². The fraction of sp³-hybridized carbons (Fsp3) is 0.522. The molecule has 23 nitrogen and oxygen atoms in total. The lowest BCUT2D eigenvalue weighted by atomic mass is 9.93. The second-order valence-electron chi connectivity index (χ2n) is 29.7. The largest absolute Gasteiger partial charge is 0.494 e. The summed E-state index contributed by atoms with van der Waals surface area (Å²) in [5.74, 6) is 5.73. The van der Waals surface area contributed by atoms with Gasteiger partial charge in [-0.05, 0) is 187 Å². The third-order valence-electron chi connectivity index (χ3n) is 20.5. The number of carbonyl (C=O) groups excluding carboxylic acids is 1. The van der Waals surface area contributed by atoms with Crippen molar-refractivity contribution in [3.05, 3.63) is 157 Å². The summed E-state index contributed by atoms with van der Waals surface area (Å²) in [6, 6.07) is 34.2. The minimum Gasteiger partial charge on any atom is -0.494 e. The molecule has 0 spiro atoms. The second kappa shape index (κ2) is 49.4. The normalized spacial score (nSPS) is 12.0. The molecule has 0 saturated carbocycles. The van der Waals surface area contributed by atoms with Crippen LogP contribution < -0.4 is 37.9 Å². The van der Waals surface area contributed by atoms with Crippen molar-refractivity contribution >= 4 is 72.4 Å². The SMILES string of the molecule is CCCCCOc1cc2c3cc(OCCCCC)c(OCCCCC)cc3c3cc(OCCCCCCCCCCOc4ccc(N=Nc5ccc(OCCCCCCCCCCCOC(=O)CCO/N=C6\c7cc([N+](=O)[O-])ccc7-c7c6cc([N+](=O)[O-])cc7[N+](=O)[O-])cc5)cc4)c(OCCCCC)cc3c2cc1OCCCCC. The lowest BCUT2D eigenvalue weighted by molar-refractivity contribution is -0.393. The standard InChI is InChI=1S/C92H120N6O17/c1-6-11-29-51-108-84-62-75-76-63-85(109-52-30-12-7-2)87(111-54-32-14-9-4)65-78(76)80-67-89(88(112-55-33-15-10-5)66-79(80)77(75)64-86(84)110-53-31-13-8-3)113-56-36-27-23-20-19-22-26-35-50-107-73-45-40-69(41-46-73)94-93-68-38-43-72(44-39-68)106-49-34-25-21-17-16-18-24-28-37-57-114-90(99)48-58-115-95-92-81-59-70(96(100)101)42-47-74(81)91-82(92)60-71(97(102)103)61-83(91)98(104)105/h38-47,59-67H,6-37,48-58H2,1-5H3/b94-93?,95-92+. The number of oxime groups is 1. The van der Waals surface area contributed by atoms with Crippen molar-refractivity contribution in [2.45, 2.75) is 247 Å². The molecule has 115 heavy (non-hydrogen) atoms. The first-order valence-corrected chi connectivity index (χ1v) is 42.6. The first kappa shape index (κ1) is 88.6. The Kier molecular flexibility index (Phi) is 38.1. The maximum atomic E-state index is 12.4. The first-order valence-electron chi connectivity index (χ1n) is 42.6. The van der Waals surface area contributed by atoms with Gasteiger partial charge in [-0.25, -0.2) is 0 Å². The molecule has 1 aliphatic carbocycles. The Balaban J connectivity index is 0.637. The van der Waals surface area contributed by atoms with Crippen LogP contribution in [0.3, 0.4) is 0 Å². The molecule has 8 aromatic carbocycles. The highest BCUT2D eigenvalue weighted by molar-refractivity contribution is 6.27. The highest BCUT2D eigenvalue weighted by Crippen LogP contribution is 2.49. The molecular formula is C92H120N6O17. The fourth-order valence-electron chi connectivity index (χ4n) is 14.1. The lowest BCUT2D eigenvalue weighted by Gasteiger charge is -2.21. The van der Waals surface area contributed by atoms with E-state index < -0.39 is 32.1 Å². The Morgan fingerprint density at radius 2 is 0.626 bits per heavy atom. The summed E-state index contributed by atoms with van der Waals surface area (Å²) in [6.45, 7) is 16.2. The molecular weight excluding hydrogens is 1460 g/mol. The summed E-state index contributed by atoms with van der Waals surface area (Å²) in [5.41, 5.74) is 0.422. The molecule has 0 saturated heterocycles. The van der Waals surface area contributed by atoms with Gasteiger partial charge in [0.2, 0.25) is 0 Å². The van der Waals surface area contributed by atoms with E-state index in [2.05, 4.69) is 86.4 Å². The maximum absolute atomic E-state index is 12.4. The minimum absolute atomic E-state index is 0.0145. The molecule has 0 aliphatic heterocycles. The molecule has 0 N–H and O–H groups in total. The molecule has 620 valence electrons. The summed E-state index contributed by atoms with van der Waals surface area (Å²) in [7, 11) is 0. The quantitative estimate of drug-likeness (QED) is 0.00855. The fourth-order valence-corrected chi connectivity index (χ4v) is 14.1. The predicted molar refractivity (Wildman–Crippen MR) is 455 cm³/mol. The van der Waals surface area contributed by atoms with Crippen LogP contribution in [-0.2, 0) is 14.4 Å². The van der Waals surface area contributed by atoms with Crippen LogP contribution in [0.15, 0.2) is 131 Å². The van der Waals surface area contributed by atoms with E-state index in [-0.39, 0.29) is 53.3 Å². The Hall–Kier alpha value is -10.3. The molecule has 23 heteroatoms. The van der Waals surface area contributed by atoms with Gasteiger partial charge in [-0.15, -0.1) is 0 Å². The number of hydrogen-bond donors (Lipinski definition) is 0. The highest BCUT2D eigenvalue weighted by atomic mass is 16.6. The zero-order valence-electron chi connectivity index (χ0n) is 68.5. The van der Waals surface area contributed by atoms with Crippen LogP contribution in [0.1, 0.15) is 258 Å². The first-order chi connectivity index (χ1) is 56.3. The van der Waals surface area contributed by atoms with Crippen molar-refractivity contribution in [2.75, 3.05) is 66.1 Å². The molecule has 0 amide bonds. The van der Waals surface area contributed by atoms with Crippen LogP contribution in [-0.4, -0.2) is 92.5 Å². The third-order valence-corrected chi connectivity index (χ3v) is 20.5. The average Bonchev–Trinajstić information content (AvgIpc) is 1.34. The minimum atomic E-state index is -0.776. The highest BCUT2D eigenvalue weighted by Gasteiger charge is 2.37. The van der Waals surface area contributed by atoms with E-state index in [1.807, 2.05) is 48.5 Å². The number of nitro benzene ring substituents is 3. The molecule has 0 fully saturated rings. The molecule has 0 aromatic heterocycles. The van der Waals surface area contributed by atoms with Gasteiger partial charge in [0.1, 0.15) is 23.8 Å². The number of esters is 1. The number of benzene rings is 8. The van der Waals surface area contributed by atoms with Crippen LogP contribution in [0.5, 0.6) is 46.0 Å². The predicted octanol–water partition coefficient (Wildman–Crippen LogP) is 26.0. The lowest BCUT2D eigenvalue weighted by Crippen LogP contribution is -2.09. The number of fused-ring (bicyclic) bond motifs is 9. The number of ether oxygens (including phenoxy) is 9. The van der Waals surface area contributed by atoms with E-state index in [0.717, 1.165) is 282 Å². The number of non-ortho nitro benzene ring substituents is 2. The molecule has 0 radical (unpaired) electrons. The van der Waals surface area contributed by atoms with Crippen molar-refractivity contribution in [1.29, 1.82) is 0 Å². The Labute approximate surface area is 677 Å². The molecule has 0 heterocycles. The van der Waals surface area contributed by atoms with E-state index in [4.69, 9.17) is 47.5 Å². The summed E-state index contributed by atoms with van der Waals surface area (Å²) >= 11 is 0.